The highest BCUT2D eigenvalue weighted by atomic mass is 16.5. The Bertz CT molecular complexity index is 774. The number of hydrogen-bond donors (Lipinski definition) is 1. The van der Waals surface area contributed by atoms with Gasteiger partial charge in [-0.25, -0.2) is 0 Å². The fourth-order valence-electron chi connectivity index (χ4n) is 2.99. The monoisotopic (exact) mass is 368 g/mol. The lowest BCUT2D eigenvalue weighted by molar-refractivity contribution is -0.129. The number of anilines is 1. The molecule has 27 heavy (non-hydrogen) atoms. The lowest BCUT2D eigenvalue weighted by atomic mass is 10.1. The zero-order chi connectivity index (χ0) is 19.6. The van der Waals surface area contributed by atoms with Gasteiger partial charge in [0.25, 0.3) is 0 Å². The van der Waals surface area contributed by atoms with E-state index >= 15 is 0 Å². The second kappa shape index (κ2) is 10.4. The molecule has 0 aliphatic heterocycles. The number of nitrogens with one attached hydrogen (secondary N) is 1. The maximum atomic E-state index is 12.3. The van der Waals surface area contributed by atoms with Gasteiger partial charge < -0.3 is 15.0 Å². The quantitative estimate of drug-likeness (QED) is 0.735. The summed E-state index contributed by atoms with van der Waals surface area (Å²) >= 11 is 0. The van der Waals surface area contributed by atoms with Crippen LogP contribution < -0.4 is 10.1 Å². The molecule has 0 aromatic heterocycles. The topological polar surface area (TPSA) is 58.6 Å². The second-order valence-corrected chi connectivity index (χ2v) is 6.38. The molecule has 1 N–H and O–H groups in total. The second-order valence-electron chi connectivity index (χ2n) is 6.38. The van der Waals surface area contributed by atoms with E-state index in [-0.39, 0.29) is 18.2 Å². The Balaban J connectivity index is 1.90. The van der Waals surface area contributed by atoms with Crippen LogP contribution in [0.4, 0.5) is 5.69 Å². The molecule has 5 heteroatoms. The molecule has 0 unspecified atom stereocenters. The fourth-order valence-corrected chi connectivity index (χ4v) is 2.99. The van der Waals surface area contributed by atoms with Gasteiger partial charge in [0.05, 0.1) is 7.11 Å². The zero-order valence-electron chi connectivity index (χ0n) is 16.3. The molecule has 144 valence electrons. The van der Waals surface area contributed by atoms with Crippen LogP contribution in [0, 0.1) is 0 Å². The first-order valence-electron chi connectivity index (χ1n) is 9.30. The number of amides is 2. The average molecular weight is 368 g/mol. The van der Waals surface area contributed by atoms with Gasteiger partial charge in [0.15, 0.2) is 0 Å². The Morgan fingerprint density at radius 2 is 1.67 bits per heavy atom. The van der Waals surface area contributed by atoms with Crippen molar-refractivity contribution in [3.63, 3.8) is 0 Å². The van der Waals surface area contributed by atoms with Crippen molar-refractivity contribution in [1.82, 2.24) is 4.90 Å². The third-order valence-corrected chi connectivity index (χ3v) is 4.57. The van der Waals surface area contributed by atoms with Gasteiger partial charge in [0.1, 0.15) is 5.75 Å². The van der Waals surface area contributed by atoms with Crippen molar-refractivity contribution < 1.29 is 14.3 Å². The Kier molecular flexibility index (Phi) is 7.86. The predicted octanol–water partition coefficient (Wildman–Crippen LogP) is 3.68. The maximum Gasteiger partial charge on any atom is 0.226 e. The van der Waals surface area contributed by atoms with Gasteiger partial charge in [0, 0.05) is 32.1 Å². The SMILES string of the molecule is CCc1ccccc1NC(=O)CCN(CCc1ccccc1OC)C(C)=O. The van der Waals surface area contributed by atoms with E-state index in [9.17, 15) is 9.59 Å². The average Bonchev–Trinajstić information content (AvgIpc) is 2.68. The number of benzene rings is 2. The van der Waals surface area contributed by atoms with Gasteiger partial charge in [-0.15, -0.1) is 0 Å². The number of methoxy groups -OCH3 is 1. The van der Waals surface area contributed by atoms with E-state index in [1.807, 2.05) is 48.5 Å². The molecule has 0 saturated carbocycles. The molecule has 5 nitrogen and oxygen atoms in total. The van der Waals surface area contributed by atoms with E-state index in [0.29, 0.717) is 19.5 Å². The number of nitrogens with zero attached hydrogens (tertiary/aromatic N) is 1. The number of hydrogen-bond acceptors (Lipinski definition) is 3. The molecule has 0 heterocycles. The summed E-state index contributed by atoms with van der Waals surface area (Å²) in [6, 6.07) is 15.6. The molecule has 0 spiro atoms. The number of ether oxygens (including phenoxy) is 1. The standard InChI is InChI=1S/C22H28N2O3/c1-4-18-9-5-7-11-20(18)23-22(26)14-16-24(17(2)25)15-13-19-10-6-8-12-21(19)27-3/h5-12H,4,13-16H2,1-3H3,(H,23,26). The minimum Gasteiger partial charge on any atom is -0.496 e. The third-order valence-electron chi connectivity index (χ3n) is 4.57. The van der Waals surface area contributed by atoms with Crippen LogP contribution in [0.15, 0.2) is 48.5 Å². The van der Waals surface area contributed by atoms with Crippen LogP contribution in [0.5, 0.6) is 5.75 Å². The molecule has 0 fully saturated rings. The van der Waals surface area contributed by atoms with Crippen molar-refractivity contribution in [3.8, 4) is 5.75 Å². The first-order valence-corrected chi connectivity index (χ1v) is 9.30. The minimum absolute atomic E-state index is 0.0355. The number of carbonyl (C=O) groups excluding carboxylic acids is 2. The van der Waals surface area contributed by atoms with E-state index in [1.165, 1.54) is 6.92 Å². The van der Waals surface area contributed by atoms with Crippen molar-refractivity contribution in [2.24, 2.45) is 0 Å². The van der Waals surface area contributed by atoms with Crippen molar-refractivity contribution in [2.75, 3.05) is 25.5 Å². The van der Waals surface area contributed by atoms with E-state index in [1.54, 1.807) is 12.0 Å². The van der Waals surface area contributed by atoms with Crippen LogP contribution >= 0.6 is 0 Å². The first-order chi connectivity index (χ1) is 13.0. The Morgan fingerprint density at radius 3 is 2.33 bits per heavy atom. The van der Waals surface area contributed by atoms with E-state index in [2.05, 4.69) is 12.2 Å². The van der Waals surface area contributed by atoms with Crippen molar-refractivity contribution in [2.45, 2.75) is 33.1 Å². The fraction of sp³-hybridized carbons (Fsp3) is 0.364. The molecule has 2 aromatic rings. The summed E-state index contributed by atoms with van der Waals surface area (Å²) < 4.78 is 5.36. The summed E-state index contributed by atoms with van der Waals surface area (Å²) in [7, 11) is 1.64. The smallest absolute Gasteiger partial charge is 0.226 e. The highest BCUT2D eigenvalue weighted by Gasteiger charge is 2.13. The molecule has 0 aliphatic rings. The van der Waals surface area contributed by atoms with Gasteiger partial charge in [-0.05, 0) is 36.1 Å². The molecule has 0 saturated heterocycles. The Labute approximate surface area is 161 Å². The van der Waals surface area contributed by atoms with Crippen LogP contribution in [0.2, 0.25) is 0 Å². The van der Waals surface area contributed by atoms with Gasteiger partial charge in [-0.1, -0.05) is 43.3 Å². The molecule has 2 rings (SSSR count). The van der Waals surface area contributed by atoms with Crippen LogP contribution in [0.3, 0.4) is 0 Å². The molecule has 0 bridgehead atoms. The summed E-state index contributed by atoms with van der Waals surface area (Å²) in [5.74, 6) is 0.695. The predicted molar refractivity (Wildman–Crippen MR) is 108 cm³/mol. The van der Waals surface area contributed by atoms with E-state index < -0.39 is 0 Å². The summed E-state index contributed by atoms with van der Waals surface area (Å²) in [4.78, 5) is 26.0. The molecule has 0 aliphatic carbocycles. The summed E-state index contributed by atoms with van der Waals surface area (Å²) in [6.45, 7) is 4.53. The summed E-state index contributed by atoms with van der Waals surface area (Å²) in [5.41, 5.74) is 2.99. The van der Waals surface area contributed by atoms with Crippen molar-refractivity contribution >= 4 is 17.5 Å². The lowest BCUT2D eigenvalue weighted by Crippen LogP contribution is -2.33. The highest BCUT2D eigenvalue weighted by molar-refractivity contribution is 5.91. The molecule has 2 aromatic carbocycles. The Hall–Kier alpha value is -2.82. The third kappa shape index (κ3) is 6.13. The minimum atomic E-state index is -0.0839. The lowest BCUT2D eigenvalue weighted by Gasteiger charge is -2.21. The Morgan fingerprint density at radius 1 is 1.00 bits per heavy atom. The summed E-state index contributed by atoms with van der Waals surface area (Å²) in [5, 5.41) is 2.95. The van der Waals surface area contributed by atoms with Crippen LogP contribution in [0.1, 0.15) is 31.4 Å². The number of rotatable bonds is 9. The highest BCUT2D eigenvalue weighted by Crippen LogP contribution is 2.18. The normalized spacial score (nSPS) is 10.3. The number of para-hydroxylation sites is 2. The van der Waals surface area contributed by atoms with Crippen LogP contribution in [-0.4, -0.2) is 36.9 Å². The van der Waals surface area contributed by atoms with Crippen LogP contribution in [-0.2, 0) is 22.4 Å². The number of carbonyl (C=O) groups is 2. The van der Waals surface area contributed by atoms with Gasteiger partial charge in [-0.2, -0.15) is 0 Å². The van der Waals surface area contributed by atoms with Gasteiger partial charge in [0.2, 0.25) is 11.8 Å². The largest absolute Gasteiger partial charge is 0.496 e. The molecular weight excluding hydrogens is 340 g/mol. The van der Waals surface area contributed by atoms with E-state index in [0.717, 1.165) is 29.0 Å². The van der Waals surface area contributed by atoms with Gasteiger partial charge >= 0.3 is 0 Å². The molecule has 0 radical (unpaired) electrons. The molecule has 0 atom stereocenters. The van der Waals surface area contributed by atoms with E-state index in [4.69, 9.17) is 4.74 Å². The zero-order valence-corrected chi connectivity index (χ0v) is 16.3. The van der Waals surface area contributed by atoms with Gasteiger partial charge in [-0.3, -0.25) is 9.59 Å². The molecular formula is C22H28N2O3. The maximum absolute atomic E-state index is 12.3. The van der Waals surface area contributed by atoms with Crippen molar-refractivity contribution in [1.29, 1.82) is 0 Å². The number of aryl methyl sites for hydroxylation is 1. The first kappa shape index (κ1) is 20.5. The summed E-state index contributed by atoms with van der Waals surface area (Å²) in [6.07, 6.45) is 1.81. The van der Waals surface area contributed by atoms with Crippen molar-refractivity contribution in [3.05, 3.63) is 59.7 Å². The molecule has 2 amide bonds. The van der Waals surface area contributed by atoms with Crippen LogP contribution in [0.25, 0.3) is 0 Å².